The molecule has 18 heavy (non-hydrogen) atoms. The maximum absolute atomic E-state index is 11.0. The van der Waals surface area contributed by atoms with Gasteiger partial charge in [0.25, 0.3) is 0 Å². The standard InChI is InChI=1S/C13H17NO4/c1-8(2)11(13(16)17)14-7-9-5-4-6-10(18-3)12(9)15/h4-8,11,15H,1-3H3,(H,16,17)/t11-/m0/s1. The molecule has 5 heteroatoms. The van der Waals surface area contributed by atoms with Crippen LogP contribution < -0.4 is 4.74 Å². The fourth-order valence-electron chi connectivity index (χ4n) is 1.49. The van der Waals surface area contributed by atoms with Crippen LogP contribution in [0, 0.1) is 5.92 Å². The van der Waals surface area contributed by atoms with Crippen LogP contribution in [0.15, 0.2) is 23.2 Å². The fraction of sp³-hybridized carbons (Fsp3) is 0.385. The van der Waals surface area contributed by atoms with E-state index in [2.05, 4.69) is 4.99 Å². The highest BCUT2D eigenvalue weighted by atomic mass is 16.5. The second-order valence-electron chi connectivity index (χ2n) is 4.20. The predicted molar refractivity (Wildman–Crippen MR) is 68.5 cm³/mol. The SMILES string of the molecule is COc1cccc(C=N[C@H](C(=O)O)C(C)C)c1O. The molecule has 1 aromatic rings. The lowest BCUT2D eigenvalue weighted by Crippen LogP contribution is -2.24. The Morgan fingerprint density at radius 1 is 1.44 bits per heavy atom. The van der Waals surface area contributed by atoms with Crippen molar-refractivity contribution < 1.29 is 19.7 Å². The number of aliphatic imine (C=N–C) groups is 1. The number of phenolic OH excluding ortho intramolecular Hbond substituents is 1. The lowest BCUT2D eigenvalue weighted by Gasteiger charge is -2.11. The zero-order chi connectivity index (χ0) is 13.7. The largest absolute Gasteiger partial charge is 0.504 e. The molecule has 5 nitrogen and oxygen atoms in total. The Labute approximate surface area is 106 Å². The van der Waals surface area contributed by atoms with E-state index in [0.717, 1.165) is 0 Å². The average Bonchev–Trinajstić information content (AvgIpc) is 2.30. The van der Waals surface area contributed by atoms with E-state index in [1.165, 1.54) is 13.3 Å². The number of carbonyl (C=O) groups is 1. The highest BCUT2D eigenvalue weighted by Gasteiger charge is 2.19. The summed E-state index contributed by atoms with van der Waals surface area (Å²) in [6.45, 7) is 3.56. The molecule has 0 saturated carbocycles. The van der Waals surface area contributed by atoms with E-state index in [0.29, 0.717) is 11.3 Å². The Morgan fingerprint density at radius 3 is 2.61 bits per heavy atom. The first kappa shape index (κ1) is 14.0. The molecular formula is C13H17NO4. The van der Waals surface area contributed by atoms with Gasteiger partial charge < -0.3 is 14.9 Å². The third kappa shape index (κ3) is 3.23. The van der Waals surface area contributed by atoms with Gasteiger partial charge in [-0.2, -0.15) is 0 Å². The first-order valence-corrected chi connectivity index (χ1v) is 5.59. The van der Waals surface area contributed by atoms with Crippen molar-refractivity contribution in [2.75, 3.05) is 7.11 Å². The monoisotopic (exact) mass is 251 g/mol. The van der Waals surface area contributed by atoms with Crippen LogP contribution in [0.4, 0.5) is 0 Å². The number of aromatic hydroxyl groups is 1. The highest BCUT2D eigenvalue weighted by Crippen LogP contribution is 2.28. The molecule has 0 aromatic heterocycles. The maximum Gasteiger partial charge on any atom is 0.328 e. The van der Waals surface area contributed by atoms with E-state index in [4.69, 9.17) is 9.84 Å². The van der Waals surface area contributed by atoms with E-state index in [1.807, 2.05) is 0 Å². The van der Waals surface area contributed by atoms with Crippen molar-refractivity contribution in [1.29, 1.82) is 0 Å². The minimum absolute atomic E-state index is 0.0448. The summed E-state index contributed by atoms with van der Waals surface area (Å²) in [4.78, 5) is 15.0. The predicted octanol–water partition coefficient (Wildman–Crippen LogP) is 1.93. The number of carboxylic acid groups (broad SMARTS) is 1. The third-order valence-corrected chi connectivity index (χ3v) is 2.51. The van der Waals surface area contributed by atoms with Crippen molar-refractivity contribution >= 4 is 12.2 Å². The molecule has 0 unspecified atom stereocenters. The molecule has 0 saturated heterocycles. The summed E-state index contributed by atoms with van der Waals surface area (Å²) in [6, 6.07) is 4.13. The van der Waals surface area contributed by atoms with Gasteiger partial charge in [-0.25, -0.2) is 4.79 Å². The quantitative estimate of drug-likeness (QED) is 0.784. The molecular weight excluding hydrogens is 234 g/mol. The topological polar surface area (TPSA) is 79.1 Å². The summed E-state index contributed by atoms with van der Waals surface area (Å²) in [5, 5.41) is 18.8. The second-order valence-corrected chi connectivity index (χ2v) is 4.20. The van der Waals surface area contributed by atoms with E-state index in [1.54, 1.807) is 32.0 Å². The Bertz CT molecular complexity index is 454. The Morgan fingerprint density at radius 2 is 2.11 bits per heavy atom. The zero-order valence-electron chi connectivity index (χ0n) is 10.6. The van der Waals surface area contributed by atoms with Gasteiger partial charge in [0.2, 0.25) is 0 Å². The summed E-state index contributed by atoms with van der Waals surface area (Å²) < 4.78 is 4.96. The Kier molecular flexibility index (Phi) is 4.71. The van der Waals surface area contributed by atoms with E-state index < -0.39 is 12.0 Å². The summed E-state index contributed by atoms with van der Waals surface area (Å²) in [6.07, 6.45) is 1.36. The number of rotatable bonds is 5. The average molecular weight is 251 g/mol. The molecule has 1 atom stereocenters. The lowest BCUT2D eigenvalue weighted by molar-refractivity contribution is -0.139. The summed E-state index contributed by atoms with van der Waals surface area (Å²) in [7, 11) is 1.45. The molecule has 0 aliphatic rings. The van der Waals surface area contributed by atoms with Gasteiger partial charge in [-0.15, -0.1) is 0 Å². The first-order valence-electron chi connectivity index (χ1n) is 5.59. The number of benzene rings is 1. The van der Waals surface area contributed by atoms with Crippen LogP contribution in [0.25, 0.3) is 0 Å². The smallest absolute Gasteiger partial charge is 0.328 e. The number of nitrogens with zero attached hydrogens (tertiary/aromatic N) is 1. The molecule has 0 radical (unpaired) electrons. The number of ether oxygens (including phenoxy) is 1. The molecule has 1 aromatic carbocycles. The minimum Gasteiger partial charge on any atom is -0.504 e. The number of para-hydroxylation sites is 1. The van der Waals surface area contributed by atoms with Crippen LogP contribution in [0.5, 0.6) is 11.5 Å². The molecule has 0 bridgehead atoms. The number of methoxy groups -OCH3 is 1. The molecule has 0 heterocycles. The van der Waals surface area contributed by atoms with Crippen molar-refractivity contribution in [2.24, 2.45) is 10.9 Å². The second kappa shape index (κ2) is 6.05. The fourth-order valence-corrected chi connectivity index (χ4v) is 1.49. The molecule has 0 amide bonds. The minimum atomic E-state index is -0.983. The van der Waals surface area contributed by atoms with Gasteiger partial charge in [0.05, 0.1) is 7.11 Å². The van der Waals surface area contributed by atoms with Crippen molar-refractivity contribution in [1.82, 2.24) is 0 Å². The van der Waals surface area contributed by atoms with Gasteiger partial charge in [0.15, 0.2) is 11.5 Å². The van der Waals surface area contributed by atoms with Crippen LogP contribution in [-0.2, 0) is 4.79 Å². The van der Waals surface area contributed by atoms with Crippen molar-refractivity contribution in [3.8, 4) is 11.5 Å². The summed E-state index contributed by atoms with van der Waals surface area (Å²) in [5.74, 6) is -0.817. The van der Waals surface area contributed by atoms with Crippen LogP contribution in [0.3, 0.4) is 0 Å². The van der Waals surface area contributed by atoms with E-state index in [9.17, 15) is 9.90 Å². The van der Waals surface area contributed by atoms with Crippen LogP contribution in [0.2, 0.25) is 0 Å². The molecule has 0 spiro atoms. The Balaban J connectivity index is 2.99. The van der Waals surface area contributed by atoms with Crippen molar-refractivity contribution in [3.05, 3.63) is 23.8 Å². The van der Waals surface area contributed by atoms with Gasteiger partial charge in [0, 0.05) is 11.8 Å². The van der Waals surface area contributed by atoms with Crippen molar-refractivity contribution in [2.45, 2.75) is 19.9 Å². The van der Waals surface area contributed by atoms with Crippen molar-refractivity contribution in [3.63, 3.8) is 0 Å². The number of hydrogen-bond donors (Lipinski definition) is 2. The number of hydrogen-bond acceptors (Lipinski definition) is 4. The molecule has 1 rings (SSSR count). The highest BCUT2D eigenvalue weighted by molar-refractivity contribution is 5.87. The van der Waals surface area contributed by atoms with Gasteiger partial charge in [-0.05, 0) is 18.1 Å². The molecule has 98 valence electrons. The number of phenols is 1. The molecule has 0 fully saturated rings. The Hall–Kier alpha value is -2.04. The van der Waals surface area contributed by atoms with Gasteiger partial charge in [0.1, 0.15) is 6.04 Å². The lowest BCUT2D eigenvalue weighted by atomic mass is 10.1. The number of carboxylic acids is 1. The van der Waals surface area contributed by atoms with Gasteiger partial charge in [-0.3, -0.25) is 4.99 Å². The van der Waals surface area contributed by atoms with E-state index in [-0.39, 0.29) is 11.7 Å². The number of aliphatic carboxylic acids is 1. The summed E-state index contributed by atoms with van der Waals surface area (Å²) >= 11 is 0. The summed E-state index contributed by atoms with van der Waals surface area (Å²) in [5.41, 5.74) is 0.432. The molecule has 0 aliphatic heterocycles. The normalized spacial score (nSPS) is 12.9. The first-order chi connectivity index (χ1) is 8.47. The van der Waals surface area contributed by atoms with Crippen LogP contribution in [0.1, 0.15) is 19.4 Å². The van der Waals surface area contributed by atoms with Crippen LogP contribution >= 0.6 is 0 Å². The molecule has 2 N–H and O–H groups in total. The third-order valence-electron chi connectivity index (χ3n) is 2.51. The van der Waals surface area contributed by atoms with Gasteiger partial charge >= 0.3 is 5.97 Å². The van der Waals surface area contributed by atoms with Crippen LogP contribution in [-0.4, -0.2) is 35.5 Å². The zero-order valence-corrected chi connectivity index (χ0v) is 10.6. The molecule has 0 aliphatic carbocycles. The maximum atomic E-state index is 11.0. The van der Waals surface area contributed by atoms with E-state index >= 15 is 0 Å². The van der Waals surface area contributed by atoms with Gasteiger partial charge in [-0.1, -0.05) is 19.9 Å².